The van der Waals surface area contributed by atoms with Gasteiger partial charge in [-0.2, -0.15) is 0 Å². The molecule has 2 aromatic carbocycles. The Morgan fingerprint density at radius 3 is 2.12 bits per heavy atom. The van der Waals surface area contributed by atoms with Crippen LogP contribution in [0, 0.1) is 5.41 Å². The van der Waals surface area contributed by atoms with Crippen molar-refractivity contribution >= 4 is 18.0 Å². The van der Waals surface area contributed by atoms with Crippen molar-refractivity contribution < 1.29 is 24.2 Å². The summed E-state index contributed by atoms with van der Waals surface area (Å²) in [6.07, 6.45) is 0.729. The highest BCUT2D eigenvalue weighted by molar-refractivity contribution is 5.89. The minimum atomic E-state index is -1.14. The van der Waals surface area contributed by atoms with Crippen LogP contribution in [0.15, 0.2) is 61.2 Å². The van der Waals surface area contributed by atoms with Crippen molar-refractivity contribution in [3.8, 4) is 11.1 Å². The molecular formula is C26H30N2O5. The Bertz CT molecular complexity index is 1010. The van der Waals surface area contributed by atoms with Crippen molar-refractivity contribution in [3.05, 3.63) is 72.3 Å². The van der Waals surface area contributed by atoms with Crippen LogP contribution in [0.4, 0.5) is 4.79 Å². The summed E-state index contributed by atoms with van der Waals surface area (Å²) in [5, 5.41) is 11.8. The number of fused-ring (bicyclic) bond motifs is 3. The van der Waals surface area contributed by atoms with Crippen LogP contribution in [0.2, 0.25) is 0 Å². The topological polar surface area (TPSA) is 95.9 Å². The van der Waals surface area contributed by atoms with Gasteiger partial charge in [0, 0.05) is 12.5 Å². The van der Waals surface area contributed by atoms with E-state index in [4.69, 9.17) is 9.84 Å². The number of nitrogens with zero attached hydrogens (tertiary/aromatic N) is 1. The molecule has 33 heavy (non-hydrogen) atoms. The fourth-order valence-electron chi connectivity index (χ4n) is 4.14. The first kappa shape index (κ1) is 24.0. The van der Waals surface area contributed by atoms with Gasteiger partial charge in [0.2, 0.25) is 5.91 Å². The largest absolute Gasteiger partial charge is 0.480 e. The molecule has 1 aliphatic carbocycles. The summed E-state index contributed by atoms with van der Waals surface area (Å²) in [5.74, 6) is -1.74. The molecule has 0 saturated heterocycles. The van der Waals surface area contributed by atoms with Gasteiger partial charge >= 0.3 is 12.1 Å². The second kappa shape index (κ2) is 9.90. The second-order valence-electron chi connectivity index (χ2n) is 9.17. The molecule has 2 aromatic rings. The minimum Gasteiger partial charge on any atom is -0.480 e. The minimum absolute atomic E-state index is 0.0596. The lowest BCUT2D eigenvalue weighted by atomic mass is 9.86. The number of carboxylic acid groups (broad SMARTS) is 1. The zero-order valence-electron chi connectivity index (χ0n) is 19.2. The highest BCUT2D eigenvalue weighted by Crippen LogP contribution is 2.44. The predicted octanol–water partition coefficient (Wildman–Crippen LogP) is 4.04. The molecule has 0 aliphatic heterocycles. The summed E-state index contributed by atoms with van der Waals surface area (Å²) in [6, 6.07) is 15.1. The SMILES string of the molecule is C=CCN(CC(=O)O)C(=O)[C@@H](NC(=O)OCC1c2ccccc2-c2ccccc21)C(C)(C)C. The molecule has 2 N–H and O–H groups in total. The molecule has 0 bridgehead atoms. The Morgan fingerprint density at radius 1 is 1.09 bits per heavy atom. The van der Waals surface area contributed by atoms with Gasteiger partial charge in [0.15, 0.2) is 0 Å². The van der Waals surface area contributed by atoms with Crippen molar-refractivity contribution in [2.24, 2.45) is 5.41 Å². The summed E-state index contributed by atoms with van der Waals surface area (Å²) in [7, 11) is 0. The van der Waals surface area contributed by atoms with Gasteiger partial charge in [0.25, 0.3) is 0 Å². The summed E-state index contributed by atoms with van der Waals surface area (Å²) in [4.78, 5) is 38.2. The molecule has 0 fully saturated rings. The van der Waals surface area contributed by atoms with Gasteiger partial charge < -0.3 is 20.1 Å². The molecule has 3 rings (SSSR count). The predicted molar refractivity (Wildman–Crippen MR) is 126 cm³/mol. The van der Waals surface area contributed by atoms with Gasteiger partial charge in [-0.25, -0.2) is 4.79 Å². The van der Waals surface area contributed by atoms with Crippen LogP contribution in [0.1, 0.15) is 37.8 Å². The van der Waals surface area contributed by atoms with Gasteiger partial charge in [-0.1, -0.05) is 75.4 Å². The Balaban J connectivity index is 1.73. The van der Waals surface area contributed by atoms with E-state index in [9.17, 15) is 14.4 Å². The van der Waals surface area contributed by atoms with Crippen LogP contribution >= 0.6 is 0 Å². The number of carbonyl (C=O) groups excluding carboxylic acids is 2. The van der Waals surface area contributed by atoms with Crippen molar-refractivity contribution in [3.63, 3.8) is 0 Å². The van der Waals surface area contributed by atoms with Crippen molar-refractivity contribution in [2.75, 3.05) is 19.7 Å². The van der Waals surface area contributed by atoms with E-state index in [-0.39, 0.29) is 19.1 Å². The van der Waals surface area contributed by atoms with Crippen molar-refractivity contribution in [1.29, 1.82) is 0 Å². The Labute approximate surface area is 194 Å². The first-order chi connectivity index (χ1) is 15.6. The molecule has 0 spiro atoms. The number of carboxylic acids is 1. The number of nitrogens with one attached hydrogen (secondary N) is 1. The first-order valence-corrected chi connectivity index (χ1v) is 10.9. The third-order valence-electron chi connectivity index (χ3n) is 5.71. The molecule has 1 aliphatic rings. The average Bonchev–Trinajstić information content (AvgIpc) is 3.08. The molecule has 2 amide bonds. The number of hydrogen-bond acceptors (Lipinski definition) is 4. The lowest BCUT2D eigenvalue weighted by Crippen LogP contribution is -2.55. The fourth-order valence-corrected chi connectivity index (χ4v) is 4.14. The van der Waals surface area contributed by atoms with E-state index >= 15 is 0 Å². The third-order valence-corrected chi connectivity index (χ3v) is 5.71. The van der Waals surface area contributed by atoms with E-state index in [1.807, 2.05) is 36.4 Å². The molecule has 0 heterocycles. The highest BCUT2D eigenvalue weighted by atomic mass is 16.5. The number of carbonyl (C=O) groups is 3. The monoisotopic (exact) mass is 450 g/mol. The summed E-state index contributed by atoms with van der Waals surface area (Å²) < 4.78 is 5.58. The number of hydrogen-bond donors (Lipinski definition) is 2. The quantitative estimate of drug-likeness (QED) is 0.592. The smallest absolute Gasteiger partial charge is 0.407 e. The Hall–Kier alpha value is -3.61. The van der Waals surface area contributed by atoms with Crippen LogP contribution in [-0.4, -0.2) is 53.7 Å². The van der Waals surface area contributed by atoms with Crippen LogP contribution in [0.3, 0.4) is 0 Å². The molecule has 0 aromatic heterocycles. The molecule has 7 nitrogen and oxygen atoms in total. The summed E-state index contributed by atoms with van der Waals surface area (Å²) >= 11 is 0. The van der Waals surface area contributed by atoms with Gasteiger partial charge in [-0.05, 0) is 27.7 Å². The van der Waals surface area contributed by atoms with E-state index in [1.54, 1.807) is 20.8 Å². The Kier molecular flexibility index (Phi) is 7.21. The Morgan fingerprint density at radius 2 is 1.64 bits per heavy atom. The number of ether oxygens (including phenoxy) is 1. The number of aliphatic carboxylic acids is 1. The van der Waals surface area contributed by atoms with Crippen molar-refractivity contribution in [2.45, 2.75) is 32.7 Å². The lowest BCUT2D eigenvalue weighted by Gasteiger charge is -2.33. The van der Waals surface area contributed by atoms with E-state index < -0.39 is 36.0 Å². The second-order valence-corrected chi connectivity index (χ2v) is 9.17. The maximum atomic E-state index is 13.1. The number of alkyl carbamates (subject to hydrolysis) is 1. The summed E-state index contributed by atoms with van der Waals surface area (Å²) in [5.41, 5.74) is 3.76. The van der Waals surface area contributed by atoms with E-state index in [1.165, 1.54) is 6.08 Å². The molecule has 0 unspecified atom stereocenters. The zero-order valence-corrected chi connectivity index (χ0v) is 19.2. The van der Waals surface area contributed by atoms with Crippen LogP contribution in [-0.2, 0) is 14.3 Å². The van der Waals surface area contributed by atoms with Crippen molar-refractivity contribution in [1.82, 2.24) is 10.2 Å². The van der Waals surface area contributed by atoms with E-state index in [0.29, 0.717) is 0 Å². The molecule has 174 valence electrons. The third kappa shape index (κ3) is 5.42. The number of benzene rings is 2. The van der Waals surface area contributed by atoms with Gasteiger partial charge in [-0.15, -0.1) is 6.58 Å². The maximum Gasteiger partial charge on any atom is 0.407 e. The van der Waals surface area contributed by atoms with Crippen LogP contribution < -0.4 is 5.32 Å². The van der Waals surface area contributed by atoms with Crippen LogP contribution in [0.5, 0.6) is 0 Å². The fraction of sp³-hybridized carbons (Fsp3) is 0.346. The number of amides is 2. The molecule has 7 heteroatoms. The molecule has 0 saturated carbocycles. The lowest BCUT2D eigenvalue weighted by molar-refractivity contribution is -0.146. The first-order valence-electron chi connectivity index (χ1n) is 10.9. The normalized spacial score (nSPS) is 13.4. The van der Waals surface area contributed by atoms with Gasteiger partial charge in [-0.3, -0.25) is 9.59 Å². The van der Waals surface area contributed by atoms with E-state index in [2.05, 4.69) is 24.0 Å². The van der Waals surface area contributed by atoms with Gasteiger partial charge in [0.1, 0.15) is 19.2 Å². The maximum absolute atomic E-state index is 13.1. The molecular weight excluding hydrogens is 420 g/mol. The van der Waals surface area contributed by atoms with Gasteiger partial charge in [0.05, 0.1) is 0 Å². The summed E-state index contributed by atoms with van der Waals surface area (Å²) in [6.45, 7) is 8.68. The zero-order chi connectivity index (χ0) is 24.2. The highest BCUT2D eigenvalue weighted by Gasteiger charge is 2.37. The number of rotatable bonds is 8. The standard InChI is InChI=1S/C26H30N2O5/c1-5-14-28(15-22(29)30)24(31)23(26(2,3)4)27-25(32)33-16-21-19-12-8-6-10-17(19)18-11-7-9-13-20(18)21/h5-13,21,23H,1,14-16H2,2-4H3,(H,27,32)(H,29,30)/t23-/m1/s1. The average molecular weight is 451 g/mol. The molecule has 0 radical (unpaired) electrons. The molecule has 1 atom stereocenters. The van der Waals surface area contributed by atoms with Crippen LogP contribution in [0.25, 0.3) is 11.1 Å². The van der Waals surface area contributed by atoms with E-state index in [0.717, 1.165) is 27.2 Å².